The van der Waals surface area contributed by atoms with Crippen LogP contribution in [0.3, 0.4) is 0 Å². The van der Waals surface area contributed by atoms with Gasteiger partial charge in [-0.1, -0.05) is 74.7 Å². The molecule has 0 aromatic heterocycles. The van der Waals surface area contributed by atoms with Gasteiger partial charge in [0.05, 0.1) is 0 Å². The molecule has 0 N–H and O–H groups in total. The molecule has 0 bridgehead atoms. The Bertz CT molecular complexity index is 720. The molecule has 0 radical (unpaired) electrons. The van der Waals surface area contributed by atoms with Crippen molar-refractivity contribution in [3.8, 4) is 0 Å². The van der Waals surface area contributed by atoms with Crippen molar-refractivity contribution >= 4 is 0 Å². The van der Waals surface area contributed by atoms with E-state index < -0.39 is 0 Å². The van der Waals surface area contributed by atoms with Crippen molar-refractivity contribution in [2.45, 2.75) is 139 Å². The predicted molar refractivity (Wildman–Crippen MR) is 139 cm³/mol. The molecule has 5 aliphatic carbocycles. The lowest BCUT2D eigenvalue weighted by atomic mass is 9.32. The summed E-state index contributed by atoms with van der Waals surface area (Å²) < 4.78 is 0. The van der Waals surface area contributed by atoms with Crippen LogP contribution in [-0.4, -0.2) is 0 Å². The van der Waals surface area contributed by atoms with Crippen molar-refractivity contribution in [1.82, 2.24) is 0 Å². The van der Waals surface area contributed by atoms with E-state index in [1.807, 2.05) is 0 Å². The molecule has 0 aromatic carbocycles. The van der Waals surface area contributed by atoms with E-state index in [0.717, 1.165) is 35.5 Å². The van der Waals surface area contributed by atoms with Crippen LogP contribution in [0, 0.1) is 62.6 Å². The van der Waals surface area contributed by atoms with Crippen molar-refractivity contribution in [3.63, 3.8) is 0 Å². The zero-order valence-corrected chi connectivity index (χ0v) is 23.2. The monoisotopic (exact) mass is 440 g/mol. The normalized spacial score (nSPS) is 55.3. The number of hydrogen-bond acceptors (Lipinski definition) is 0. The third-order valence-electron chi connectivity index (χ3n) is 14.2. The molecule has 5 fully saturated rings. The summed E-state index contributed by atoms with van der Waals surface area (Å²) in [5.41, 5.74) is 2.91. The summed E-state index contributed by atoms with van der Waals surface area (Å²) in [5.74, 6) is 5.88. The molecule has 6 unspecified atom stereocenters. The molecule has 5 saturated carbocycles. The van der Waals surface area contributed by atoms with Crippen LogP contribution in [0.2, 0.25) is 0 Å². The molecule has 0 saturated heterocycles. The van der Waals surface area contributed by atoms with Gasteiger partial charge in [0.2, 0.25) is 0 Å². The summed E-state index contributed by atoms with van der Waals surface area (Å²) >= 11 is 0. The maximum absolute atomic E-state index is 2.83. The molecule has 0 heteroatoms. The van der Waals surface area contributed by atoms with Gasteiger partial charge in [0.1, 0.15) is 0 Å². The zero-order chi connectivity index (χ0) is 23.2. The minimum Gasteiger partial charge on any atom is -0.0654 e. The average Bonchev–Trinajstić information content (AvgIpc) is 3.05. The molecule has 32 heavy (non-hydrogen) atoms. The lowest BCUT2D eigenvalue weighted by molar-refractivity contribution is -0.241. The first-order chi connectivity index (χ1) is 14.9. The van der Waals surface area contributed by atoms with E-state index in [0.29, 0.717) is 27.1 Å². The highest BCUT2D eigenvalue weighted by atomic mass is 14.7. The maximum atomic E-state index is 2.83. The van der Waals surface area contributed by atoms with Gasteiger partial charge in [0.25, 0.3) is 0 Å². The van der Waals surface area contributed by atoms with Gasteiger partial charge in [0, 0.05) is 0 Å². The summed E-state index contributed by atoms with van der Waals surface area (Å²) in [6.07, 6.45) is 19.5. The Kier molecular flexibility index (Phi) is 5.56. The Morgan fingerprint density at radius 3 is 1.94 bits per heavy atom. The van der Waals surface area contributed by atoms with Crippen LogP contribution in [0.25, 0.3) is 0 Å². The molecular weight excluding hydrogens is 384 g/mol. The van der Waals surface area contributed by atoms with Crippen LogP contribution in [0.1, 0.15) is 139 Å². The highest BCUT2D eigenvalue weighted by molar-refractivity contribution is 5.19. The van der Waals surface area contributed by atoms with Gasteiger partial charge in [-0.25, -0.2) is 0 Å². The predicted octanol–water partition coefficient (Wildman–Crippen LogP) is 9.91. The van der Waals surface area contributed by atoms with Crippen molar-refractivity contribution < 1.29 is 0 Å². The molecule has 0 amide bonds. The van der Waals surface area contributed by atoms with E-state index >= 15 is 0 Å². The van der Waals surface area contributed by atoms with Crippen molar-refractivity contribution in [2.24, 2.45) is 62.6 Å². The quantitative estimate of drug-likeness (QED) is 0.409. The Balaban J connectivity index is 1.48. The summed E-state index contributed by atoms with van der Waals surface area (Å²) in [4.78, 5) is 0. The Morgan fingerprint density at radius 1 is 0.656 bits per heavy atom. The molecule has 5 rings (SSSR count). The molecule has 0 heterocycles. The van der Waals surface area contributed by atoms with E-state index in [1.54, 1.807) is 6.42 Å². The van der Waals surface area contributed by atoms with Crippen LogP contribution < -0.4 is 0 Å². The van der Waals surface area contributed by atoms with Gasteiger partial charge in [-0.15, -0.1) is 0 Å². The minimum absolute atomic E-state index is 0.559. The Morgan fingerprint density at radius 2 is 1.28 bits per heavy atom. The molecule has 10 atom stereocenters. The lowest BCUT2D eigenvalue weighted by Gasteiger charge is -2.73. The number of fused-ring (bicyclic) bond motifs is 7. The van der Waals surface area contributed by atoms with E-state index in [4.69, 9.17) is 0 Å². The smallest absolute Gasteiger partial charge is 0.0235 e. The van der Waals surface area contributed by atoms with Gasteiger partial charge in [-0.05, 0) is 127 Å². The van der Waals surface area contributed by atoms with E-state index in [2.05, 4.69) is 55.4 Å². The van der Waals surface area contributed by atoms with Crippen LogP contribution >= 0.6 is 0 Å². The van der Waals surface area contributed by atoms with Crippen molar-refractivity contribution in [3.05, 3.63) is 0 Å². The average molecular weight is 441 g/mol. The van der Waals surface area contributed by atoms with Gasteiger partial charge in [0.15, 0.2) is 0 Å². The fraction of sp³-hybridized carbons (Fsp3) is 1.00. The summed E-state index contributed by atoms with van der Waals surface area (Å²) in [5, 5.41) is 0. The van der Waals surface area contributed by atoms with E-state index in [-0.39, 0.29) is 0 Å². The molecule has 0 nitrogen and oxygen atoms in total. The first kappa shape index (κ1) is 23.7. The highest BCUT2D eigenvalue weighted by Gasteiger charge is 2.70. The van der Waals surface area contributed by atoms with Crippen LogP contribution in [0.4, 0.5) is 0 Å². The summed E-state index contributed by atoms with van der Waals surface area (Å²) in [6, 6.07) is 0. The molecule has 184 valence electrons. The summed E-state index contributed by atoms with van der Waals surface area (Å²) in [7, 11) is 0. The topological polar surface area (TPSA) is 0 Å². The molecular formula is C32H56. The Labute approximate surface area is 201 Å². The molecule has 0 spiro atoms. The van der Waals surface area contributed by atoms with Gasteiger partial charge in [-0.2, -0.15) is 0 Å². The fourth-order valence-electron chi connectivity index (χ4n) is 12.7. The first-order valence-corrected chi connectivity index (χ1v) is 14.9. The minimum atomic E-state index is 0.559. The second kappa shape index (κ2) is 7.50. The Hall–Kier alpha value is 0. The van der Waals surface area contributed by atoms with Gasteiger partial charge >= 0.3 is 0 Å². The first-order valence-electron chi connectivity index (χ1n) is 14.9. The molecule has 0 aromatic rings. The maximum Gasteiger partial charge on any atom is -0.0235 e. The second-order valence-electron chi connectivity index (χ2n) is 15.6. The van der Waals surface area contributed by atoms with Crippen LogP contribution in [0.5, 0.6) is 0 Å². The summed E-state index contributed by atoms with van der Waals surface area (Å²) in [6.45, 7) is 21.4. The van der Waals surface area contributed by atoms with Crippen LogP contribution in [0.15, 0.2) is 0 Å². The molecule has 5 aliphatic rings. The molecule has 0 aliphatic heterocycles. The highest BCUT2D eigenvalue weighted by Crippen LogP contribution is 2.78. The largest absolute Gasteiger partial charge is 0.0654 e. The van der Waals surface area contributed by atoms with E-state index in [1.165, 1.54) is 77.0 Å². The third kappa shape index (κ3) is 2.92. The SMILES string of the molecule is CCCC(C)C1CC[C@@]2(C)C1CC[C@]1(C)C2CCC2[C@@]3(C)CCCC(C)(C)C3CC[C@]21C. The van der Waals surface area contributed by atoms with Gasteiger partial charge in [-0.3, -0.25) is 0 Å². The second-order valence-corrected chi connectivity index (χ2v) is 15.6. The van der Waals surface area contributed by atoms with Crippen molar-refractivity contribution in [2.75, 3.05) is 0 Å². The van der Waals surface area contributed by atoms with Crippen LogP contribution in [-0.2, 0) is 0 Å². The number of hydrogen-bond donors (Lipinski definition) is 0. The van der Waals surface area contributed by atoms with Gasteiger partial charge < -0.3 is 0 Å². The fourth-order valence-corrected chi connectivity index (χ4v) is 12.7. The number of rotatable bonds is 3. The standard InChI is InChI=1S/C32H56/c1-9-11-22(2)23-14-19-29(5)24(23)15-20-31(7)26(29)12-13-27-30(6)18-10-17-28(3,4)25(30)16-21-32(27,31)8/h22-27H,9-21H2,1-8H3/t22?,23?,24?,25?,26?,27?,29-,30-,31+,32+/m0/s1. The van der Waals surface area contributed by atoms with Crippen molar-refractivity contribution in [1.29, 1.82) is 0 Å². The third-order valence-corrected chi connectivity index (χ3v) is 14.2. The lowest BCUT2D eigenvalue weighted by Crippen LogP contribution is -2.65. The van der Waals surface area contributed by atoms with E-state index in [9.17, 15) is 0 Å². The zero-order valence-electron chi connectivity index (χ0n) is 23.2.